The Hall–Kier alpha value is -1.35. The van der Waals surface area contributed by atoms with Crippen molar-refractivity contribution in [2.45, 2.75) is 19.4 Å². The van der Waals surface area contributed by atoms with Crippen LogP contribution in [-0.2, 0) is 10.3 Å². The maximum atomic E-state index is 5.70. The second-order valence-electron chi connectivity index (χ2n) is 4.24. The third kappa shape index (κ3) is 2.02. The number of hydrogen-bond acceptors (Lipinski definition) is 3. The summed E-state index contributed by atoms with van der Waals surface area (Å²) in [6.45, 7) is 5.16. The molecule has 3 heteroatoms. The fraction of sp³-hybridized carbons (Fsp3) is 0.417. The van der Waals surface area contributed by atoms with Gasteiger partial charge in [-0.3, -0.25) is 4.99 Å². The van der Waals surface area contributed by atoms with Crippen molar-refractivity contribution in [2.75, 3.05) is 13.2 Å². The standard InChI is InChI=1S/C12H16N2O/c1-9-3-5-10(6-4-9)12(2)8-15-7-11(13)14-12/h3-6H,7-8H2,1-2H3,(H2,13,14). The molecule has 0 bridgehead atoms. The van der Waals surface area contributed by atoms with E-state index in [1.54, 1.807) is 0 Å². The third-order valence-corrected chi connectivity index (χ3v) is 2.70. The van der Waals surface area contributed by atoms with E-state index in [0.717, 1.165) is 5.56 Å². The fourth-order valence-corrected chi connectivity index (χ4v) is 1.80. The summed E-state index contributed by atoms with van der Waals surface area (Å²) in [6, 6.07) is 8.34. The summed E-state index contributed by atoms with van der Waals surface area (Å²) in [6.07, 6.45) is 0. The molecule has 2 rings (SSSR count). The first-order valence-corrected chi connectivity index (χ1v) is 5.09. The molecule has 0 radical (unpaired) electrons. The molecule has 0 amide bonds. The number of amidine groups is 1. The molecule has 0 spiro atoms. The van der Waals surface area contributed by atoms with Crippen LogP contribution in [0.4, 0.5) is 0 Å². The minimum Gasteiger partial charge on any atom is -0.386 e. The summed E-state index contributed by atoms with van der Waals surface area (Å²) in [5, 5.41) is 0. The Balaban J connectivity index is 2.36. The Labute approximate surface area is 90.0 Å². The van der Waals surface area contributed by atoms with Gasteiger partial charge in [0.2, 0.25) is 0 Å². The molecule has 1 atom stereocenters. The zero-order chi connectivity index (χ0) is 10.9. The lowest BCUT2D eigenvalue weighted by atomic mass is 9.92. The van der Waals surface area contributed by atoms with Gasteiger partial charge in [-0.2, -0.15) is 0 Å². The van der Waals surface area contributed by atoms with Gasteiger partial charge in [0.15, 0.2) is 0 Å². The van der Waals surface area contributed by atoms with Crippen molar-refractivity contribution in [1.82, 2.24) is 0 Å². The minimum absolute atomic E-state index is 0.323. The zero-order valence-electron chi connectivity index (χ0n) is 9.16. The van der Waals surface area contributed by atoms with E-state index in [1.807, 2.05) is 6.92 Å². The predicted octanol–water partition coefficient (Wildman–Crippen LogP) is 1.60. The van der Waals surface area contributed by atoms with E-state index in [-0.39, 0.29) is 5.54 Å². The molecule has 0 aliphatic carbocycles. The highest BCUT2D eigenvalue weighted by atomic mass is 16.5. The van der Waals surface area contributed by atoms with E-state index >= 15 is 0 Å². The third-order valence-electron chi connectivity index (χ3n) is 2.70. The van der Waals surface area contributed by atoms with Crippen LogP contribution in [0.5, 0.6) is 0 Å². The van der Waals surface area contributed by atoms with Crippen molar-refractivity contribution < 1.29 is 4.74 Å². The molecule has 15 heavy (non-hydrogen) atoms. The van der Waals surface area contributed by atoms with Gasteiger partial charge in [0.25, 0.3) is 0 Å². The van der Waals surface area contributed by atoms with Gasteiger partial charge in [0.05, 0.1) is 6.61 Å². The quantitative estimate of drug-likeness (QED) is 0.755. The van der Waals surface area contributed by atoms with Crippen molar-refractivity contribution in [3.63, 3.8) is 0 Å². The summed E-state index contributed by atoms with van der Waals surface area (Å²) in [7, 11) is 0. The molecular formula is C12H16N2O. The number of benzene rings is 1. The topological polar surface area (TPSA) is 47.6 Å². The van der Waals surface area contributed by atoms with Crippen LogP contribution < -0.4 is 5.73 Å². The van der Waals surface area contributed by atoms with Crippen molar-refractivity contribution in [1.29, 1.82) is 0 Å². The normalized spacial score (nSPS) is 26.1. The fourth-order valence-electron chi connectivity index (χ4n) is 1.80. The minimum atomic E-state index is -0.323. The molecule has 1 aromatic carbocycles. The summed E-state index contributed by atoms with van der Waals surface area (Å²) in [5.41, 5.74) is 7.77. The van der Waals surface area contributed by atoms with Gasteiger partial charge in [-0.05, 0) is 19.4 Å². The zero-order valence-corrected chi connectivity index (χ0v) is 9.16. The molecular weight excluding hydrogens is 188 g/mol. The van der Waals surface area contributed by atoms with Gasteiger partial charge in [-0.15, -0.1) is 0 Å². The maximum absolute atomic E-state index is 5.70. The number of rotatable bonds is 1. The Morgan fingerprint density at radius 3 is 2.60 bits per heavy atom. The molecule has 1 aliphatic rings. The van der Waals surface area contributed by atoms with Crippen molar-refractivity contribution in [2.24, 2.45) is 10.7 Å². The van der Waals surface area contributed by atoms with Crippen molar-refractivity contribution >= 4 is 5.84 Å². The molecule has 0 saturated carbocycles. The van der Waals surface area contributed by atoms with Crippen molar-refractivity contribution in [3.8, 4) is 0 Å². The van der Waals surface area contributed by atoms with Crippen molar-refractivity contribution in [3.05, 3.63) is 35.4 Å². The molecule has 1 aromatic rings. The smallest absolute Gasteiger partial charge is 0.121 e. The lowest BCUT2D eigenvalue weighted by Crippen LogP contribution is -2.37. The Morgan fingerprint density at radius 2 is 2.00 bits per heavy atom. The molecule has 0 aromatic heterocycles. The predicted molar refractivity (Wildman–Crippen MR) is 61.0 cm³/mol. The first-order chi connectivity index (χ1) is 7.10. The number of aliphatic imine (C=N–C) groups is 1. The molecule has 1 unspecified atom stereocenters. The van der Waals surface area contributed by atoms with Gasteiger partial charge in [-0.1, -0.05) is 29.8 Å². The maximum Gasteiger partial charge on any atom is 0.121 e. The average molecular weight is 204 g/mol. The SMILES string of the molecule is Cc1ccc(C2(C)COCC(N)=N2)cc1. The van der Waals surface area contributed by atoms with Crippen LogP contribution in [0.25, 0.3) is 0 Å². The largest absolute Gasteiger partial charge is 0.386 e. The Morgan fingerprint density at radius 1 is 1.33 bits per heavy atom. The van der Waals surface area contributed by atoms with Crippen LogP contribution in [-0.4, -0.2) is 19.0 Å². The van der Waals surface area contributed by atoms with E-state index in [2.05, 4.69) is 36.2 Å². The van der Waals surface area contributed by atoms with E-state index in [4.69, 9.17) is 10.5 Å². The lowest BCUT2D eigenvalue weighted by Gasteiger charge is -2.30. The second-order valence-corrected chi connectivity index (χ2v) is 4.24. The molecule has 0 saturated heterocycles. The molecule has 80 valence electrons. The van der Waals surface area contributed by atoms with E-state index in [0.29, 0.717) is 19.0 Å². The molecule has 0 fully saturated rings. The molecule has 3 nitrogen and oxygen atoms in total. The number of hydrogen-bond donors (Lipinski definition) is 1. The number of aryl methyl sites for hydroxylation is 1. The van der Waals surface area contributed by atoms with Gasteiger partial charge in [0, 0.05) is 0 Å². The summed E-state index contributed by atoms with van der Waals surface area (Å²) >= 11 is 0. The Bertz CT molecular complexity index is 383. The van der Waals surface area contributed by atoms with Crippen LogP contribution >= 0.6 is 0 Å². The van der Waals surface area contributed by atoms with Crippen LogP contribution in [0.2, 0.25) is 0 Å². The highest BCUT2D eigenvalue weighted by Gasteiger charge is 2.29. The average Bonchev–Trinajstić information content (AvgIpc) is 2.18. The number of ether oxygens (including phenoxy) is 1. The van der Waals surface area contributed by atoms with E-state index in [1.165, 1.54) is 5.56 Å². The molecule has 1 aliphatic heterocycles. The summed E-state index contributed by atoms with van der Waals surface area (Å²) in [4.78, 5) is 4.48. The Kier molecular flexibility index (Phi) is 2.49. The molecule has 2 N–H and O–H groups in total. The van der Waals surface area contributed by atoms with Crippen LogP contribution in [0.15, 0.2) is 29.3 Å². The van der Waals surface area contributed by atoms with Crippen LogP contribution in [0.3, 0.4) is 0 Å². The van der Waals surface area contributed by atoms with E-state index < -0.39 is 0 Å². The van der Waals surface area contributed by atoms with Gasteiger partial charge < -0.3 is 10.5 Å². The number of nitrogens with two attached hydrogens (primary N) is 1. The monoisotopic (exact) mass is 204 g/mol. The summed E-state index contributed by atoms with van der Waals surface area (Å²) < 4.78 is 5.43. The van der Waals surface area contributed by atoms with Gasteiger partial charge in [-0.25, -0.2) is 0 Å². The lowest BCUT2D eigenvalue weighted by molar-refractivity contribution is 0.106. The van der Waals surface area contributed by atoms with Gasteiger partial charge in [0.1, 0.15) is 18.0 Å². The summed E-state index contributed by atoms with van der Waals surface area (Å²) in [5.74, 6) is 0.573. The second kappa shape index (κ2) is 3.66. The van der Waals surface area contributed by atoms with E-state index in [9.17, 15) is 0 Å². The van der Waals surface area contributed by atoms with Crippen LogP contribution in [0.1, 0.15) is 18.1 Å². The number of nitrogens with zero attached hydrogens (tertiary/aromatic N) is 1. The van der Waals surface area contributed by atoms with Crippen LogP contribution in [0, 0.1) is 6.92 Å². The van der Waals surface area contributed by atoms with Gasteiger partial charge >= 0.3 is 0 Å². The molecule has 1 heterocycles. The highest BCUT2D eigenvalue weighted by Crippen LogP contribution is 2.28. The first kappa shape index (κ1) is 10.2. The first-order valence-electron chi connectivity index (χ1n) is 5.09. The highest BCUT2D eigenvalue weighted by molar-refractivity contribution is 5.82.